The van der Waals surface area contributed by atoms with Crippen molar-refractivity contribution < 1.29 is 14.4 Å². The summed E-state index contributed by atoms with van der Waals surface area (Å²) in [6.45, 7) is 0. The number of thioether (sulfide) groups is 1. The van der Waals surface area contributed by atoms with Crippen LogP contribution < -0.4 is 0 Å². The highest BCUT2D eigenvalue weighted by atomic mass is 32.2. The number of carboxylic acid groups (broad SMARTS) is 1. The van der Waals surface area contributed by atoms with E-state index in [1.54, 1.807) is 0 Å². The summed E-state index contributed by atoms with van der Waals surface area (Å²) in [6.07, 6.45) is 0. The lowest BCUT2D eigenvalue weighted by atomic mass is 10.1. The lowest BCUT2D eigenvalue weighted by Gasteiger charge is -1.99. The van der Waals surface area contributed by atoms with Gasteiger partial charge in [-0.3, -0.25) is 4.79 Å². The van der Waals surface area contributed by atoms with Crippen LogP contribution >= 0.6 is 11.8 Å². The van der Waals surface area contributed by atoms with Crippen LogP contribution in [0.4, 0.5) is 0 Å². The number of fused-ring (bicyclic) bond motifs is 1. The number of aliphatic carboxylic acids is 1. The zero-order chi connectivity index (χ0) is 13.9. The number of rotatable bonds is 4. The summed E-state index contributed by atoms with van der Waals surface area (Å²) in [6, 6.07) is 13.9. The highest BCUT2D eigenvalue weighted by Gasteiger charge is 2.11. The number of hydrogen-bond donors (Lipinski definition) is 1. The van der Waals surface area contributed by atoms with Gasteiger partial charge in [0.1, 0.15) is 5.75 Å². The highest BCUT2D eigenvalue weighted by Crippen LogP contribution is 2.24. The van der Waals surface area contributed by atoms with Crippen LogP contribution in [0.2, 0.25) is 0 Å². The number of aromatic nitrogens is 2. The number of carboxylic acids is 1. The minimum absolute atomic E-state index is 0.0979. The normalized spacial score (nSPS) is 10.8. The molecule has 0 fully saturated rings. The number of hydrogen-bond acceptors (Lipinski definition) is 5. The van der Waals surface area contributed by atoms with E-state index in [1.807, 2.05) is 42.5 Å². The van der Waals surface area contributed by atoms with Gasteiger partial charge in [-0.2, -0.15) is 4.98 Å². The lowest BCUT2D eigenvalue weighted by Crippen LogP contribution is -1.97. The molecular formula is C14H10N2O3S. The third kappa shape index (κ3) is 2.65. The second-order valence-corrected chi connectivity index (χ2v) is 5.05. The van der Waals surface area contributed by atoms with Crippen LogP contribution in [0.5, 0.6) is 0 Å². The Bertz CT molecular complexity index is 770. The van der Waals surface area contributed by atoms with E-state index in [1.165, 1.54) is 0 Å². The Balaban J connectivity index is 1.89. The third-order valence-electron chi connectivity index (χ3n) is 2.73. The minimum Gasteiger partial charge on any atom is -0.481 e. The van der Waals surface area contributed by atoms with Crippen LogP contribution in [0, 0.1) is 0 Å². The van der Waals surface area contributed by atoms with Gasteiger partial charge in [0.05, 0.1) is 0 Å². The standard InChI is InChI=1S/C14H10N2O3S/c17-12(18)8-20-14-15-13(16-19-14)11-6-5-9-3-1-2-4-10(9)7-11/h1-7H,8H2,(H,17,18). The van der Waals surface area contributed by atoms with E-state index in [0.717, 1.165) is 28.1 Å². The van der Waals surface area contributed by atoms with Crippen molar-refractivity contribution in [3.63, 3.8) is 0 Å². The molecule has 1 heterocycles. The lowest BCUT2D eigenvalue weighted by molar-refractivity contribution is -0.133. The highest BCUT2D eigenvalue weighted by molar-refractivity contribution is 7.99. The fraction of sp³-hybridized carbons (Fsp3) is 0.0714. The molecule has 2 aromatic carbocycles. The predicted octanol–water partition coefficient (Wildman–Crippen LogP) is 3.07. The average Bonchev–Trinajstić information content (AvgIpc) is 2.93. The maximum atomic E-state index is 10.5. The van der Waals surface area contributed by atoms with E-state index in [4.69, 9.17) is 9.63 Å². The van der Waals surface area contributed by atoms with Gasteiger partial charge in [0.15, 0.2) is 0 Å². The molecule has 3 aromatic rings. The molecule has 3 rings (SSSR count). The maximum absolute atomic E-state index is 10.5. The van der Waals surface area contributed by atoms with Crippen molar-refractivity contribution >= 4 is 28.5 Å². The Kier molecular flexibility index (Phi) is 3.39. The Morgan fingerprint density at radius 1 is 1.20 bits per heavy atom. The molecule has 6 heteroatoms. The number of carbonyl (C=O) groups is 1. The molecule has 0 amide bonds. The van der Waals surface area contributed by atoms with E-state index in [0.29, 0.717) is 5.82 Å². The first-order valence-corrected chi connectivity index (χ1v) is 6.88. The third-order valence-corrected chi connectivity index (χ3v) is 3.54. The monoisotopic (exact) mass is 286 g/mol. The molecule has 0 aliphatic carbocycles. The van der Waals surface area contributed by atoms with Gasteiger partial charge >= 0.3 is 5.97 Å². The molecule has 0 aliphatic rings. The van der Waals surface area contributed by atoms with E-state index in [9.17, 15) is 4.79 Å². The molecule has 0 atom stereocenters. The van der Waals surface area contributed by atoms with E-state index in [-0.39, 0.29) is 11.0 Å². The summed E-state index contributed by atoms with van der Waals surface area (Å²) in [5, 5.41) is 15.0. The van der Waals surface area contributed by atoms with Crippen molar-refractivity contribution in [1.29, 1.82) is 0 Å². The fourth-order valence-corrected chi connectivity index (χ4v) is 2.33. The summed E-state index contributed by atoms with van der Waals surface area (Å²) in [5.74, 6) is -0.552. The second-order valence-electron chi connectivity index (χ2n) is 4.13. The molecular weight excluding hydrogens is 276 g/mol. The van der Waals surface area contributed by atoms with Gasteiger partial charge in [-0.15, -0.1) is 0 Å². The molecule has 1 aromatic heterocycles. The van der Waals surface area contributed by atoms with Crippen LogP contribution in [0.15, 0.2) is 52.2 Å². The van der Waals surface area contributed by atoms with Crippen molar-refractivity contribution in [2.75, 3.05) is 5.75 Å². The van der Waals surface area contributed by atoms with Gasteiger partial charge in [-0.25, -0.2) is 0 Å². The Morgan fingerprint density at radius 3 is 2.80 bits per heavy atom. The zero-order valence-electron chi connectivity index (χ0n) is 10.3. The summed E-state index contributed by atoms with van der Waals surface area (Å²) in [5.41, 5.74) is 0.842. The molecule has 0 spiro atoms. The van der Waals surface area contributed by atoms with Gasteiger partial charge in [0.25, 0.3) is 5.22 Å². The smallest absolute Gasteiger partial charge is 0.314 e. The van der Waals surface area contributed by atoms with Gasteiger partial charge < -0.3 is 9.63 Å². The molecule has 20 heavy (non-hydrogen) atoms. The molecule has 0 aliphatic heterocycles. The first-order chi connectivity index (χ1) is 9.72. The van der Waals surface area contributed by atoms with E-state index < -0.39 is 5.97 Å². The summed E-state index contributed by atoms with van der Waals surface area (Å²) in [4.78, 5) is 14.7. The van der Waals surface area contributed by atoms with E-state index >= 15 is 0 Å². The fourth-order valence-electron chi connectivity index (χ4n) is 1.84. The van der Waals surface area contributed by atoms with Gasteiger partial charge in [0, 0.05) is 5.56 Å². The van der Waals surface area contributed by atoms with Crippen molar-refractivity contribution in [2.24, 2.45) is 0 Å². The van der Waals surface area contributed by atoms with Crippen molar-refractivity contribution in [2.45, 2.75) is 5.22 Å². The Morgan fingerprint density at radius 2 is 2.00 bits per heavy atom. The Hall–Kier alpha value is -2.34. The summed E-state index contributed by atoms with van der Waals surface area (Å²) >= 11 is 1.01. The minimum atomic E-state index is -0.916. The molecule has 100 valence electrons. The molecule has 0 unspecified atom stereocenters. The molecule has 0 bridgehead atoms. The first kappa shape index (κ1) is 12.7. The van der Waals surface area contributed by atoms with Crippen molar-refractivity contribution in [1.82, 2.24) is 10.1 Å². The topological polar surface area (TPSA) is 76.2 Å². The van der Waals surface area contributed by atoms with E-state index in [2.05, 4.69) is 10.1 Å². The zero-order valence-corrected chi connectivity index (χ0v) is 11.1. The first-order valence-electron chi connectivity index (χ1n) is 5.90. The molecule has 0 radical (unpaired) electrons. The SMILES string of the molecule is O=C(O)CSc1nc(-c2ccc3ccccc3c2)no1. The van der Waals surface area contributed by atoms with Gasteiger partial charge in [-0.05, 0) is 16.8 Å². The Labute approximate surface area is 118 Å². The largest absolute Gasteiger partial charge is 0.481 e. The van der Waals surface area contributed by atoms with Crippen LogP contribution in [0.25, 0.3) is 22.2 Å². The second kappa shape index (κ2) is 5.34. The average molecular weight is 286 g/mol. The molecule has 0 saturated carbocycles. The maximum Gasteiger partial charge on any atom is 0.314 e. The number of benzene rings is 2. The van der Waals surface area contributed by atoms with Crippen LogP contribution in [-0.4, -0.2) is 27.0 Å². The molecule has 0 saturated heterocycles. The number of nitrogens with zero attached hydrogens (tertiary/aromatic N) is 2. The molecule has 5 nitrogen and oxygen atoms in total. The van der Waals surface area contributed by atoms with Crippen LogP contribution in [0.1, 0.15) is 0 Å². The van der Waals surface area contributed by atoms with Gasteiger partial charge in [0.2, 0.25) is 5.82 Å². The predicted molar refractivity (Wildman–Crippen MR) is 75.6 cm³/mol. The van der Waals surface area contributed by atoms with Crippen molar-refractivity contribution in [3.05, 3.63) is 42.5 Å². The van der Waals surface area contributed by atoms with Crippen LogP contribution in [0.3, 0.4) is 0 Å². The van der Waals surface area contributed by atoms with Gasteiger partial charge in [-0.1, -0.05) is 53.3 Å². The summed E-state index contributed by atoms with van der Waals surface area (Å²) in [7, 11) is 0. The van der Waals surface area contributed by atoms with Crippen molar-refractivity contribution in [3.8, 4) is 11.4 Å². The van der Waals surface area contributed by atoms with Crippen LogP contribution in [-0.2, 0) is 4.79 Å². The molecule has 1 N–H and O–H groups in total. The quantitative estimate of drug-likeness (QED) is 0.743. The summed E-state index contributed by atoms with van der Waals surface area (Å²) < 4.78 is 5.02.